The Balaban J connectivity index is 2.10. The Morgan fingerprint density at radius 2 is 1.94 bits per heavy atom. The van der Waals surface area contributed by atoms with Gasteiger partial charge in [0, 0.05) is 10.0 Å². The van der Waals surface area contributed by atoms with E-state index in [1.165, 1.54) is 12.1 Å². The zero-order valence-electron chi connectivity index (χ0n) is 9.41. The molecule has 0 fully saturated rings. The largest absolute Gasteiger partial charge is 0.489 e. The summed E-state index contributed by atoms with van der Waals surface area (Å²) in [5.74, 6) is 0.597. The fraction of sp³-hybridized carbons (Fsp3) is 0.143. The van der Waals surface area contributed by atoms with Crippen LogP contribution >= 0.6 is 15.9 Å². The molecule has 1 nitrogen and oxygen atoms in total. The molecule has 0 radical (unpaired) electrons. The van der Waals surface area contributed by atoms with Gasteiger partial charge >= 0.3 is 0 Å². The molecule has 2 aromatic rings. The van der Waals surface area contributed by atoms with Gasteiger partial charge in [-0.25, -0.2) is 4.39 Å². The minimum Gasteiger partial charge on any atom is -0.489 e. The standard InChI is InChI=1S/C14H12BrFO/c1-10-4-2-3-5-14(10)17-9-11-6-7-12(16)8-13(11)15/h2-8H,9H2,1H3. The molecule has 0 bridgehead atoms. The molecule has 0 aliphatic heterocycles. The second kappa shape index (κ2) is 5.32. The average molecular weight is 295 g/mol. The van der Waals surface area contributed by atoms with Crippen LogP contribution in [0.1, 0.15) is 11.1 Å². The number of ether oxygens (including phenoxy) is 1. The first kappa shape index (κ1) is 12.1. The highest BCUT2D eigenvalue weighted by Crippen LogP contribution is 2.22. The summed E-state index contributed by atoms with van der Waals surface area (Å²) >= 11 is 3.32. The van der Waals surface area contributed by atoms with Gasteiger partial charge in [0.05, 0.1) is 0 Å². The van der Waals surface area contributed by atoms with Crippen LogP contribution in [0, 0.1) is 12.7 Å². The van der Waals surface area contributed by atoms with E-state index in [9.17, 15) is 4.39 Å². The third-order valence-electron chi connectivity index (χ3n) is 2.49. The highest BCUT2D eigenvalue weighted by atomic mass is 79.9. The molecule has 2 rings (SSSR count). The first-order valence-electron chi connectivity index (χ1n) is 5.29. The zero-order chi connectivity index (χ0) is 12.3. The normalized spacial score (nSPS) is 10.3. The molecular weight excluding hydrogens is 283 g/mol. The summed E-state index contributed by atoms with van der Waals surface area (Å²) in [5, 5.41) is 0. The van der Waals surface area contributed by atoms with E-state index in [1.807, 2.05) is 31.2 Å². The topological polar surface area (TPSA) is 9.23 Å². The molecule has 0 aliphatic rings. The molecule has 0 amide bonds. The first-order valence-corrected chi connectivity index (χ1v) is 6.08. The molecule has 0 heterocycles. The van der Waals surface area contributed by atoms with Gasteiger partial charge in [0.1, 0.15) is 18.2 Å². The number of benzene rings is 2. The van der Waals surface area contributed by atoms with Crippen LogP contribution in [0.15, 0.2) is 46.9 Å². The molecular formula is C14H12BrFO. The third kappa shape index (κ3) is 3.07. The van der Waals surface area contributed by atoms with Crippen molar-refractivity contribution >= 4 is 15.9 Å². The monoisotopic (exact) mass is 294 g/mol. The summed E-state index contributed by atoms with van der Waals surface area (Å²) < 4.78 is 19.3. The van der Waals surface area contributed by atoms with Crippen molar-refractivity contribution < 1.29 is 9.13 Å². The zero-order valence-corrected chi connectivity index (χ0v) is 11.0. The Kier molecular flexibility index (Phi) is 3.79. The minimum absolute atomic E-state index is 0.253. The second-order valence-electron chi connectivity index (χ2n) is 3.79. The fourth-order valence-electron chi connectivity index (χ4n) is 1.51. The van der Waals surface area contributed by atoms with Gasteiger partial charge < -0.3 is 4.74 Å². The number of hydrogen-bond acceptors (Lipinski definition) is 1. The molecule has 0 unspecified atom stereocenters. The smallest absolute Gasteiger partial charge is 0.124 e. The summed E-state index contributed by atoms with van der Waals surface area (Å²) in [6, 6.07) is 12.4. The van der Waals surface area contributed by atoms with Gasteiger partial charge in [0.15, 0.2) is 0 Å². The van der Waals surface area contributed by atoms with Crippen molar-refractivity contribution in [2.24, 2.45) is 0 Å². The molecule has 0 atom stereocenters. The number of halogens is 2. The summed E-state index contributed by atoms with van der Waals surface area (Å²) in [6.45, 7) is 2.42. The second-order valence-corrected chi connectivity index (χ2v) is 4.64. The number of rotatable bonds is 3. The quantitative estimate of drug-likeness (QED) is 0.811. The predicted octanol–water partition coefficient (Wildman–Crippen LogP) is 4.48. The van der Waals surface area contributed by atoms with E-state index in [0.717, 1.165) is 21.3 Å². The van der Waals surface area contributed by atoms with Crippen LogP contribution in [0.3, 0.4) is 0 Å². The number of para-hydroxylation sites is 1. The maximum atomic E-state index is 12.9. The van der Waals surface area contributed by atoms with Crippen LogP contribution in [0.5, 0.6) is 5.75 Å². The Bertz CT molecular complexity index is 525. The van der Waals surface area contributed by atoms with Gasteiger partial charge in [-0.15, -0.1) is 0 Å². The van der Waals surface area contributed by atoms with E-state index in [0.29, 0.717) is 6.61 Å². The van der Waals surface area contributed by atoms with Gasteiger partial charge in [-0.1, -0.05) is 40.2 Å². The SMILES string of the molecule is Cc1ccccc1OCc1ccc(F)cc1Br. The van der Waals surface area contributed by atoms with E-state index in [1.54, 1.807) is 6.07 Å². The maximum absolute atomic E-state index is 12.9. The van der Waals surface area contributed by atoms with Gasteiger partial charge in [-0.05, 0) is 30.7 Å². The molecule has 0 aromatic heterocycles. The molecule has 0 saturated carbocycles. The van der Waals surface area contributed by atoms with Crippen LogP contribution in [-0.4, -0.2) is 0 Å². The van der Waals surface area contributed by atoms with Crippen molar-refractivity contribution in [3.05, 3.63) is 63.9 Å². The van der Waals surface area contributed by atoms with E-state index >= 15 is 0 Å². The fourth-order valence-corrected chi connectivity index (χ4v) is 1.98. The van der Waals surface area contributed by atoms with Crippen molar-refractivity contribution in [1.29, 1.82) is 0 Å². The van der Waals surface area contributed by atoms with Crippen LogP contribution in [-0.2, 0) is 6.61 Å². The van der Waals surface area contributed by atoms with E-state index < -0.39 is 0 Å². The molecule has 88 valence electrons. The molecule has 17 heavy (non-hydrogen) atoms. The van der Waals surface area contributed by atoms with E-state index in [-0.39, 0.29) is 5.82 Å². The summed E-state index contributed by atoms with van der Waals surface area (Å²) in [5.41, 5.74) is 2.01. The number of aryl methyl sites for hydroxylation is 1. The lowest BCUT2D eigenvalue weighted by Crippen LogP contribution is -1.98. The summed E-state index contributed by atoms with van der Waals surface area (Å²) in [4.78, 5) is 0. The van der Waals surface area contributed by atoms with Crippen LogP contribution in [0.2, 0.25) is 0 Å². The highest BCUT2D eigenvalue weighted by Gasteiger charge is 2.03. The van der Waals surface area contributed by atoms with Crippen LogP contribution < -0.4 is 4.74 Å². The lowest BCUT2D eigenvalue weighted by molar-refractivity contribution is 0.303. The van der Waals surface area contributed by atoms with Crippen LogP contribution in [0.25, 0.3) is 0 Å². The predicted molar refractivity (Wildman–Crippen MR) is 69.6 cm³/mol. The van der Waals surface area contributed by atoms with E-state index in [4.69, 9.17) is 4.74 Å². The van der Waals surface area contributed by atoms with Crippen molar-refractivity contribution in [3.8, 4) is 5.75 Å². The lowest BCUT2D eigenvalue weighted by Gasteiger charge is -2.10. The third-order valence-corrected chi connectivity index (χ3v) is 3.23. The van der Waals surface area contributed by atoms with E-state index in [2.05, 4.69) is 15.9 Å². The molecule has 3 heteroatoms. The Labute approximate surface area is 108 Å². The number of hydrogen-bond donors (Lipinski definition) is 0. The van der Waals surface area contributed by atoms with Gasteiger partial charge in [-0.3, -0.25) is 0 Å². The lowest BCUT2D eigenvalue weighted by atomic mass is 10.2. The molecule has 0 aliphatic carbocycles. The van der Waals surface area contributed by atoms with Crippen LogP contribution in [0.4, 0.5) is 4.39 Å². The molecule has 0 saturated heterocycles. The van der Waals surface area contributed by atoms with Crippen molar-refractivity contribution in [1.82, 2.24) is 0 Å². The summed E-state index contributed by atoms with van der Waals surface area (Å²) in [7, 11) is 0. The van der Waals surface area contributed by atoms with Gasteiger partial charge in [0.25, 0.3) is 0 Å². The first-order chi connectivity index (χ1) is 8.16. The molecule has 2 aromatic carbocycles. The molecule has 0 spiro atoms. The highest BCUT2D eigenvalue weighted by molar-refractivity contribution is 9.10. The van der Waals surface area contributed by atoms with Gasteiger partial charge in [-0.2, -0.15) is 0 Å². The van der Waals surface area contributed by atoms with Crippen molar-refractivity contribution in [2.75, 3.05) is 0 Å². The minimum atomic E-state index is -0.253. The Hall–Kier alpha value is -1.35. The van der Waals surface area contributed by atoms with Gasteiger partial charge in [0.2, 0.25) is 0 Å². The average Bonchev–Trinajstić information content (AvgIpc) is 2.30. The Morgan fingerprint density at radius 1 is 1.18 bits per heavy atom. The van der Waals surface area contributed by atoms with Crippen molar-refractivity contribution in [2.45, 2.75) is 13.5 Å². The maximum Gasteiger partial charge on any atom is 0.124 e. The summed E-state index contributed by atoms with van der Waals surface area (Å²) in [6.07, 6.45) is 0. The van der Waals surface area contributed by atoms with Crippen molar-refractivity contribution in [3.63, 3.8) is 0 Å². The Morgan fingerprint density at radius 3 is 2.65 bits per heavy atom. The molecule has 0 N–H and O–H groups in total.